The Labute approximate surface area is 110 Å². The van der Waals surface area contributed by atoms with Crippen molar-refractivity contribution in [2.75, 3.05) is 0 Å². The maximum absolute atomic E-state index is 13.5. The molecule has 19 heavy (non-hydrogen) atoms. The number of pyridine rings is 1. The highest BCUT2D eigenvalue weighted by molar-refractivity contribution is 6.20. The molecule has 0 aliphatic rings. The van der Waals surface area contributed by atoms with E-state index in [2.05, 4.69) is 4.98 Å². The fourth-order valence-electron chi connectivity index (χ4n) is 1.64. The van der Waals surface area contributed by atoms with Crippen molar-refractivity contribution in [3.05, 3.63) is 65.2 Å². The molecule has 0 radical (unpaired) electrons. The number of hydrogen-bond acceptors (Lipinski definition) is 2. The zero-order chi connectivity index (χ0) is 13.8. The molecule has 1 N–H and O–H groups in total. The van der Waals surface area contributed by atoms with E-state index in [0.717, 1.165) is 0 Å². The zero-order valence-corrected chi connectivity index (χ0v) is 10.3. The van der Waals surface area contributed by atoms with Crippen LogP contribution in [0.4, 0.5) is 4.39 Å². The third kappa shape index (κ3) is 3.04. The number of carbonyl (C=O) groups is 1. The third-order valence-electron chi connectivity index (χ3n) is 2.69. The van der Waals surface area contributed by atoms with Gasteiger partial charge in [-0.3, -0.25) is 4.98 Å². The second kappa shape index (κ2) is 5.44. The van der Waals surface area contributed by atoms with Crippen molar-refractivity contribution in [3.8, 4) is 0 Å². The monoisotopic (exact) mass is 257 g/mol. The van der Waals surface area contributed by atoms with Crippen molar-refractivity contribution in [3.63, 3.8) is 0 Å². The molecule has 0 unspecified atom stereocenters. The van der Waals surface area contributed by atoms with Crippen molar-refractivity contribution in [1.82, 2.24) is 4.98 Å². The summed E-state index contributed by atoms with van der Waals surface area (Å²) in [6.07, 6.45) is 2.99. The Bertz CT molecular complexity index is 636. The fraction of sp³-hybridized carbons (Fsp3) is 0.0667. The van der Waals surface area contributed by atoms with Crippen molar-refractivity contribution in [2.45, 2.75) is 6.92 Å². The Kier molecular flexibility index (Phi) is 3.71. The number of benzene rings is 1. The lowest BCUT2D eigenvalue weighted by Gasteiger charge is -2.04. The van der Waals surface area contributed by atoms with E-state index in [0.29, 0.717) is 16.8 Å². The van der Waals surface area contributed by atoms with Crippen molar-refractivity contribution >= 4 is 17.6 Å². The van der Waals surface area contributed by atoms with Crippen molar-refractivity contribution in [1.29, 1.82) is 0 Å². The van der Waals surface area contributed by atoms with Crippen LogP contribution in [0.2, 0.25) is 0 Å². The van der Waals surface area contributed by atoms with Crippen molar-refractivity contribution < 1.29 is 14.3 Å². The highest BCUT2D eigenvalue weighted by Gasteiger charge is 2.12. The highest BCUT2D eigenvalue weighted by Crippen LogP contribution is 2.20. The van der Waals surface area contributed by atoms with E-state index in [9.17, 15) is 14.3 Å². The molecule has 0 saturated carbocycles. The van der Waals surface area contributed by atoms with Gasteiger partial charge in [0.2, 0.25) is 0 Å². The standard InChI is InChI=1S/C15H12FNO2/c1-10-5-6-11(8-14(10)16)13(15(18)19)9-12-4-2-3-7-17-12/h2-9H,1H3,(H,18,19)/b13-9-. The summed E-state index contributed by atoms with van der Waals surface area (Å²) in [7, 11) is 0. The van der Waals surface area contributed by atoms with Gasteiger partial charge < -0.3 is 5.11 Å². The van der Waals surface area contributed by atoms with Crippen LogP contribution in [-0.4, -0.2) is 16.1 Å². The van der Waals surface area contributed by atoms with Crippen LogP contribution < -0.4 is 0 Å². The van der Waals surface area contributed by atoms with E-state index in [1.54, 1.807) is 43.5 Å². The smallest absolute Gasteiger partial charge is 0.336 e. The summed E-state index contributed by atoms with van der Waals surface area (Å²) in [5, 5.41) is 9.23. The van der Waals surface area contributed by atoms with Gasteiger partial charge in [0.15, 0.2) is 0 Å². The summed E-state index contributed by atoms with van der Waals surface area (Å²) in [5.74, 6) is -1.54. The fourth-order valence-corrected chi connectivity index (χ4v) is 1.64. The maximum atomic E-state index is 13.5. The Morgan fingerprint density at radius 1 is 1.32 bits per heavy atom. The van der Waals surface area contributed by atoms with Crippen LogP contribution in [0.25, 0.3) is 11.6 Å². The number of aromatic nitrogens is 1. The van der Waals surface area contributed by atoms with E-state index < -0.39 is 11.8 Å². The first-order valence-electron chi connectivity index (χ1n) is 5.70. The van der Waals surface area contributed by atoms with Crippen LogP contribution in [0.1, 0.15) is 16.8 Å². The molecule has 96 valence electrons. The van der Waals surface area contributed by atoms with Crippen LogP contribution in [0.3, 0.4) is 0 Å². The summed E-state index contributed by atoms with van der Waals surface area (Å²) in [6.45, 7) is 1.63. The molecule has 2 aromatic rings. The topological polar surface area (TPSA) is 50.2 Å². The molecule has 1 aromatic heterocycles. The molecule has 3 nitrogen and oxygen atoms in total. The molecule has 1 aromatic carbocycles. The Morgan fingerprint density at radius 2 is 2.11 bits per heavy atom. The van der Waals surface area contributed by atoms with Gasteiger partial charge in [0, 0.05) is 6.20 Å². The van der Waals surface area contributed by atoms with E-state index >= 15 is 0 Å². The number of aliphatic carboxylic acids is 1. The van der Waals surface area contributed by atoms with Gasteiger partial charge in [-0.2, -0.15) is 0 Å². The van der Waals surface area contributed by atoms with E-state index in [4.69, 9.17) is 0 Å². The number of rotatable bonds is 3. The van der Waals surface area contributed by atoms with Crippen LogP contribution in [0.5, 0.6) is 0 Å². The third-order valence-corrected chi connectivity index (χ3v) is 2.69. The number of hydrogen-bond donors (Lipinski definition) is 1. The Balaban J connectivity index is 2.49. The number of carboxylic acid groups (broad SMARTS) is 1. The molecule has 0 amide bonds. The summed E-state index contributed by atoms with van der Waals surface area (Å²) in [4.78, 5) is 15.3. The molecule has 0 aliphatic heterocycles. The summed E-state index contributed by atoms with van der Waals surface area (Å²) >= 11 is 0. The predicted octanol–water partition coefficient (Wildman–Crippen LogP) is 3.15. The molecule has 0 bridgehead atoms. The number of nitrogens with zero attached hydrogens (tertiary/aromatic N) is 1. The number of aryl methyl sites for hydroxylation is 1. The van der Waals surface area contributed by atoms with Gasteiger partial charge in [0.1, 0.15) is 5.82 Å². The average molecular weight is 257 g/mol. The first kappa shape index (κ1) is 13.0. The molecular weight excluding hydrogens is 245 g/mol. The summed E-state index contributed by atoms with van der Waals surface area (Å²) < 4.78 is 13.5. The molecule has 0 spiro atoms. The number of halogens is 1. The zero-order valence-electron chi connectivity index (χ0n) is 10.3. The normalized spacial score (nSPS) is 11.4. The minimum atomic E-state index is -1.12. The molecule has 4 heteroatoms. The van der Waals surface area contributed by atoms with Gasteiger partial charge >= 0.3 is 5.97 Å². The van der Waals surface area contributed by atoms with Crippen LogP contribution in [0, 0.1) is 12.7 Å². The molecule has 0 aliphatic carbocycles. The molecule has 0 fully saturated rings. The first-order chi connectivity index (χ1) is 9.08. The van der Waals surface area contributed by atoms with Crippen LogP contribution >= 0.6 is 0 Å². The number of carboxylic acids is 1. The second-order valence-electron chi connectivity index (χ2n) is 4.08. The average Bonchev–Trinajstić information content (AvgIpc) is 2.40. The lowest BCUT2D eigenvalue weighted by atomic mass is 10.0. The summed E-state index contributed by atoms with van der Waals surface area (Å²) in [5.41, 5.74) is 1.33. The SMILES string of the molecule is Cc1ccc(/C(=C/c2ccccn2)C(=O)O)cc1F. The maximum Gasteiger partial charge on any atom is 0.336 e. The minimum absolute atomic E-state index is 0.0117. The van der Waals surface area contributed by atoms with E-state index in [1.807, 2.05) is 0 Å². The van der Waals surface area contributed by atoms with Gasteiger partial charge in [0.05, 0.1) is 11.3 Å². The van der Waals surface area contributed by atoms with E-state index in [1.165, 1.54) is 12.1 Å². The van der Waals surface area contributed by atoms with Gasteiger partial charge in [-0.25, -0.2) is 9.18 Å². The molecule has 2 rings (SSSR count). The first-order valence-corrected chi connectivity index (χ1v) is 5.70. The van der Waals surface area contributed by atoms with Gasteiger partial charge in [0.25, 0.3) is 0 Å². The largest absolute Gasteiger partial charge is 0.478 e. The molecule has 0 saturated heterocycles. The lowest BCUT2D eigenvalue weighted by Crippen LogP contribution is -2.01. The highest BCUT2D eigenvalue weighted by atomic mass is 19.1. The van der Waals surface area contributed by atoms with Gasteiger partial charge in [-0.1, -0.05) is 18.2 Å². The minimum Gasteiger partial charge on any atom is -0.478 e. The Morgan fingerprint density at radius 3 is 2.68 bits per heavy atom. The second-order valence-corrected chi connectivity index (χ2v) is 4.08. The quantitative estimate of drug-likeness (QED) is 0.859. The van der Waals surface area contributed by atoms with Crippen LogP contribution in [-0.2, 0) is 4.79 Å². The predicted molar refractivity (Wildman–Crippen MR) is 70.9 cm³/mol. The van der Waals surface area contributed by atoms with Crippen molar-refractivity contribution in [2.24, 2.45) is 0 Å². The molecular formula is C15H12FNO2. The summed E-state index contributed by atoms with van der Waals surface area (Å²) in [6, 6.07) is 9.55. The lowest BCUT2D eigenvalue weighted by molar-refractivity contribution is -0.130. The Hall–Kier alpha value is -2.49. The molecule has 0 atom stereocenters. The van der Waals surface area contributed by atoms with Crippen LogP contribution in [0.15, 0.2) is 42.6 Å². The van der Waals surface area contributed by atoms with E-state index in [-0.39, 0.29) is 5.57 Å². The van der Waals surface area contributed by atoms with Gasteiger partial charge in [-0.15, -0.1) is 0 Å². The molecule has 1 heterocycles. The van der Waals surface area contributed by atoms with Gasteiger partial charge in [-0.05, 0) is 42.3 Å².